The first-order valence-corrected chi connectivity index (χ1v) is 6.89. The van der Waals surface area contributed by atoms with E-state index in [-0.39, 0.29) is 17.6 Å². The second-order valence-electron chi connectivity index (χ2n) is 4.98. The van der Waals surface area contributed by atoms with Crippen molar-refractivity contribution in [2.45, 2.75) is 18.9 Å². The van der Waals surface area contributed by atoms with Crippen molar-refractivity contribution in [3.05, 3.63) is 29.9 Å². The summed E-state index contributed by atoms with van der Waals surface area (Å²) in [6.45, 7) is 2.41. The molecule has 8 nitrogen and oxygen atoms in total. The number of carbonyl (C=O) groups is 1. The van der Waals surface area contributed by atoms with Gasteiger partial charge in [0.15, 0.2) is 0 Å². The van der Waals surface area contributed by atoms with E-state index >= 15 is 0 Å². The molecule has 1 amide bonds. The van der Waals surface area contributed by atoms with Crippen LogP contribution in [-0.4, -0.2) is 40.8 Å². The van der Waals surface area contributed by atoms with E-state index in [1.165, 1.54) is 0 Å². The van der Waals surface area contributed by atoms with Crippen LogP contribution in [0.3, 0.4) is 0 Å². The number of hydrogen-bond donors (Lipinski definition) is 2. The van der Waals surface area contributed by atoms with Gasteiger partial charge in [-0.1, -0.05) is 0 Å². The summed E-state index contributed by atoms with van der Waals surface area (Å²) in [5.41, 5.74) is 5.52. The number of anilines is 1. The summed E-state index contributed by atoms with van der Waals surface area (Å²) in [7, 11) is 0. The van der Waals surface area contributed by atoms with Gasteiger partial charge < -0.3 is 15.5 Å². The Bertz CT molecular complexity index is 589. The van der Waals surface area contributed by atoms with Crippen molar-refractivity contribution in [3.63, 3.8) is 0 Å². The average molecular weight is 291 g/mol. The Kier molecular flexibility index (Phi) is 3.87. The van der Waals surface area contributed by atoms with E-state index in [2.05, 4.69) is 25.2 Å². The fraction of sp³-hybridized carbons (Fsp3) is 0.462. The number of rotatable bonds is 5. The van der Waals surface area contributed by atoms with Gasteiger partial charge in [-0.3, -0.25) is 9.69 Å². The van der Waals surface area contributed by atoms with Crippen LogP contribution in [0, 0.1) is 0 Å². The molecule has 1 aliphatic heterocycles. The first kappa shape index (κ1) is 13.6. The lowest BCUT2D eigenvalue weighted by Gasteiger charge is -2.25. The van der Waals surface area contributed by atoms with Crippen molar-refractivity contribution in [2.24, 2.45) is 0 Å². The van der Waals surface area contributed by atoms with E-state index in [0.717, 1.165) is 31.7 Å². The molecule has 1 fully saturated rings. The Morgan fingerprint density at radius 1 is 1.43 bits per heavy atom. The van der Waals surface area contributed by atoms with Crippen molar-refractivity contribution in [3.8, 4) is 0 Å². The van der Waals surface area contributed by atoms with Crippen molar-refractivity contribution in [1.29, 1.82) is 0 Å². The topological polar surface area (TPSA) is 110 Å². The Morgan fingerprint density at radius 3 is 2.86 bits per heavy atom. The van der Waals surface area contributed by atoms with Crippen molar-refractivity contribution in [1.82, 2.24) is 20.5 Å². The number of carbonyl (C=O) groups excluding carboxylic acids is 1. The summed E-state index contributed by atoms with van der Waals surface area (Å²) < 4.78 is 9.92. The molecule has 1 atom stereocenters. The molecule has 0 bridgehead atoms. The largest absolute Gasteiger partial charge is 0.468 e. The lowest BCUT2D eigenvalue weighted by Crippen LogP contribution is -2.37. The zero-order chi connectivity index (χ0) is 14.7. The Balaban J connectivity index is 1.67. The highest BCUT2D eigenvalue weighted by molar-refractivity contribution is 5.95. The van der Waals surface area contributed by atoms with Gasteiger partial charge in [-0.25, -0.2) is 4.63 Å². The van der Waals surface area contributed by atoms with Gasteiger partial charge in [-0.15, -0.1) is 0 Å². The molecule has 0 saturated carbocycles. The van der Waals surface area contributed by atoms with Gasteiger partial charge in [0.05, 0.1) is 12.3 Å². The van der Waals surface area contributed by atoms with E-state index in [9.17, 15) is 4.79 Å². The van der Waals surface area contributed by atoms with Crippen LogP contribution in [0.5, 0.6) is 0 Å². The molecule has 3 heterocycles. The van der Waals surface area contributed by atoms with Crippen LogP contribution in [-0.2, 0) is 0 Å². The highest BCUT2D eigenvalue weighted by Crippen LogP contribution is 2.25. The van der Waals surface area contributed by atoms with Crippen LogP contribution in [0.1, 0.15) is 35.1 Å². The van der Waals surface area contributed by atoms with E-state index in [1.807, 2.05) is 12.1 Å². The summed E-state index contributed by atoms with van der Waals surface area (Å²) in [5, 5.41) is 9.70. The molecule has 1 aliphatic rings. The lowest BCUT2D eigenvalue weighted by atomic mass is 10.2. The molecule has 112 valence electrons. The number of furan rings is 1. The quantitative estimate of drug-likeness (QED) is 0.838. The van der Waals surface area contributed by atoms with Crippen LogP contribution in [0.2, 0.25) is 0 Å². The second-order valence-corrected chi connectivity index (χ2v) is 4.98. The summed E-state index contributed by atoms with van der Waals surface area (Å²) >= 11 is 0. The summed E-state index contributed by atoms with van der Waals surface area (Å²) in [4.78, 5) is 14.3. The van der Waals surface area contributed by atoms with Crippen LogP contribution in [0.25, 0.3) is 0 Å². The number of hydrogen-bond acceptors (Lipinski definition) is 7. The predicted octanol–water partition coefficient (Wildman–Crippen LogP) is 0.812. The Hall–Kier alpha value is -2.35. The summed E-state index contributed by atoms with van der Waals surface area (Å²) in [5.74, 6) is 0.427. The molecular formula is C13H17N5O3. The van der Waals surface area contributed by atoms with Gasteiger partial charge in [-0.2, -0.15) is 0 Å². The molecule has 8 heteroatoms. The van der Waals surface area contributed by atoms with Crippen molar-refractivity contribution < 1.29 is 13.8 Å². The number of nitrogens with one attached hydrogen (secondary N) is 1. The lowest BCUT2D eigenvalue weighted by molar-refractivity contribution is 0.0924. The Morgan fingerprint density at radius 2 is 2.24 bits per heavy atom. The molecule has 3 rings (SSSR count). The maximum absolute atomic E-state index is 12.0. The molecule has 1 saturated heterocycles. The molecule has 2 aromatic heterocycles. The SMILES string of the molecule is Nc1nonc1C(=O)NC[C@@H](c1ccco1)N1CCCC1. The molecule has 0 aromatic carbocycles. The zero-order valence-corrected chi connectivity index (χ0v) is 11.5. The predicted molar refractivity (Wildman–Crippen MR) is 73.3 cm³/mol. The molecule has 21 heavy (non-hydrogen) atoms. The normalized spacial score (nSPS) is 17.0. The van der Waals surface area contributed by atoms with E-state index in [4.69, 9.17) is 10.2 Å². The highest BCUT2D eigenvalue weighted by Gasteiger charge is 2.27. The molecule has 0 radical (unpaired) electrons. The smallest absolute Gasteiger partial charge is 0.277 e. The monoisotopic (exact) mass is 291 g/mol. The molecular weight excluding hydrogens is 274 g/mol. The van der Waals surface area contributed by atoms with Crippen molar-refractivity contribution >= 4 is 11.7 Å². The van der Waals surface area contributed by atoms with Crippen LogP contribution in [0.15, 0.2) is 27.4 Å². The third kappa shape index (κ3) is 2.89. The molecule has 0 unspecified atom stereocenters. The molecule has 0 spiro atoms. The minimum absolute atomic E-state index is 0.00698. The van der Waals surface area contributed by atoms with Crippen LogP contribution in [0.4, 0.5) is 5.82 Å². The van der Waals surface area contributed by atoms with Crippen molar-refractivity contribution in [2.75, 3.05) is 25.4 Å². The highest BCUT2D eigenvalue weighted by atomic mass is 16.6. The first-order valence-electron chi connectivity index (χ1n) is 6.89. The molecule has 2 aromatic rings. The van der Waals surface area contributed by atoms with E-state index < -0.39 is 5.91 Å². The number of aromatic nitrogens is 2. The maximum atomic E-state index is 12.0. The van der Waals surface area contributed by atoms with Gasteiger partial charge in [0.1, 0.15) is 5.76 Å². The number of amides is 1. The van der Waals surface area contributed by atoms with Gasteiger partial charge in [-0.05, 0) is 48.4 Å². The number of likely N-dealkylation sites (tertiary alicyclic amines) is 1. The molecule has 3 N–H and O–H groups in total. The standard InChI is InChI=1S/C13H17N5O3/c14-12-11(16-21-17-12)13(19)15-8-9(10-4-3-7-20-10)18-5-1-2-6-18/h3-4,7,9H,1-2,5-6,8H2,(H2,14,17)(H,15,19)/t9-/m0/s1. The van der Waals surface area contributed by atoms with E-state index in [0.29, 0.717) is 6.54 Å². The third-order valence-corrected chi connectivity index (χ3v) is 3.64. The van der Waals surface area contributed by atoms with Gasteiger partial charge in [0, 0.05) is 6.54 Å². The van der Waals surface area contributed by atoms with Gasteiger partial charge in [0.25, 0.3) is 5.91 Å². The van der Waals surface area contributed by atoms with Crippen LogP contribution >= 0.6 is 0 Å². The minimum atomic E-state index is -0.399. The average Bonchev–Trinajstić information content (AvgIpc) is 3.21. The third-order valence-electron chi connectivity index (χ3n) is 3.64. The second kappa shape index (κ2) is 5.96. The first-order chi connectivity index (χ1) is 10.3. The minimum Gasteiger partial charge on any atom is -0.468 e. The number of nitrogen functional groups attached to an aromatic ring is 1. The fourth-order valence-electron chi connectivity index (χ4n) is 2.57. The van der Waals surface area contributed by atoms with Crippen LogP contribution < -0.4 is 11.1 Å². The zero-order valence-electron chi connectivity index (χ0n) is 11.5. The number of nitrogens with two attached hydrogens (primary N) is 1. The molecule has 0 aliphatic carbocycles. The summed E-state index contributed by atoms with van der Waals surface area (Å²) in [6, 6.07) is 3.77. The Labute approximate surface area is 121 Å². The van der Waals surface area contributed by atoms with Gasteiger partial charge in [0.2, 0.25) is 11.5 Å². The maximum Gasteiger partial charge on any atom is 0.277 e. The number of nitrogens with zero attached hydrogens (tertiary/aromatic N) is 3. The summed E-state index contributed by atoms with van der Waals surface area (Å²) in [6.07, 6.45) is 3.95. The fourth-order valence-corrected chi connectivity index (χ4v) is 2.57. The van der Waals surface area contributed by atoms with E-state index in [1.54, 1.807) is 6.26 Å². The van der Waals surface area contributed by atoms with Gasteiger partial charge >= 0.3 is 0 Å².